The van der Waals surface area contributed by atoms with E-state index in [0.717, 1.165) is 11.1 Å². The van der Waals surface area contributed by atoms with E-state index in [1.54, 1.807) is 14.0 Å². The topological polar surface area (TPSA) is 108 Å². The Kier molecular flexibility index (Phi) is 5.22. The highest BCUT2D eigenvalue weighted by molar-refractivity contribution is 5.86. The van der Waals surface area contributed by atoms with Crippen LogP contribution in [-0.2, 0) is 4.74 Å². The fourth-order valence-electron chi connectivity index (χ4n) is 4.02. The first-order chi connectivity index (χ1) is 14.5. The van der Waals surface area contributed by atoms with Gasteiger partial charge in [-0.1, -0.05) is 55.5 Å². The number of ether oxygens (including phenoxy) is 1. The number of likely N-dealkylation sites (N-methyl/N-ethyl adjacent to an activating group) is 1. The van der Waals surface area contributed by atoms with Crippen LogP contribution in [0.2, 0.25) is 0 Å². The molecule has 0 spiro atoms. The number of carboxylic acids is 1. The number of H-pyrrole nitrogens is 1. The molecule has 0 saturated heterocycles. The van der Waals surface area contributed by atoms with Crippen molar-refractivity contribution in [1.29, 1.82) is 0 Å². The summed E-state index contributed by atoms with van der Waals surface area (Å²) >= 11 is 0. The molecule has 1 heterocycles. The molecule has 1 unspecified atom stereocenters. The second-order valence-electron chi connectivity index (χ2n) is 7.45. The van der Waals surface area contributed by atoms with E-state index in [9.17, 15) is 14.7 Å². The van der Waals surface area contributed by atoms with Crippen molar-refractivity contribution in [3.63, 3.8) is 0 Å². The average molecular weight is 406 g/mol. The number of carboxylic acid groups (broad SMARTS) is 1. The lowest BCUT2D eigenvalue weighted by molar-refractivity contribution is 0.0688. The fraction of sp³-hybridized carbons (Fsp3) is 0.273. The van der Waals surface area contributed by atoms with Crippen molar-refractivity contribution < 1.29 is 19.4 Å². The van der Waals surface area contributed by atoms with Crippen LogP contribution >= 0.6 is 0 Å². The molecule has 2 N–H and O–H groups in total. The molecule has 1 aliphatic rings. The number of fused-ring (bicyclic) bond motifs is 3. The molecule has 1 atom stereocenters. The van der Waals surface area contributed by atoms with Crippen molar-refractivity contribution in [3.8, 4) is 11.1 Å². The van der Waals surface area contributed by atoms with E-state index in [-0.39, 0.29) is 30.7 Å². The van der Waals surface area contributed by atoms with Gasteiger partial charge in [0.05, 0.1) is 0 Å². The Hall–Kier alpha value is -3.68. The van der Waals surface area contributed by atoms with E-state index in [2.05, 4.69) is 39.7 Å². The monoisotopic (exact) mass is 406 g/mol. The molecule has 1 aliphatic carbocycles. The van der Waals surface area contributed by atoms with E-state index >= 15 is 0 Å². The third-order valence-electron chi connectivity index (χ3n) is 5.44. The number of rotatable bonds is 6. The highest BCUT2D eigenvalue weighted by atomic mass is 16.6. The second-order valence-corrected chi connectivity index (χ2v) is 7.45. The lowest BCUT2D eigenvalue weighted by atomic mass is 9.98. The van der Waals surface area contributed by atoms with Crippen LogP contribution < -0.4 is 0 Å². The summed E-state index contributed by atoms with van der Waals surface area (Å²) in [6.07, 6.45) is -0.468. The van der Waals surface area contributed by atoms with Gasteiger partial charge in [0.2, 0.25) is 0 Å². The average Bonchev–Trinajstić information content (AvgIpc) is 3.36. The van der Waals surface area contributed by atoms with Gasteiger partial charge >= 0.3 is 12.1 Å². The molecular weight excluding hydrogens is 384 g/mol. The third kappa shape index (κ3) is 3.52. The van der Waals surface area contributed by atoms with Crippen LogP contribution in [-0.4, -0.2) is 57.7 Å². The number of carbonyl (C=O) groups is 2. The number of nitrogens with one attached hydrogen (secondary N) is 1. The molecule has 0 fully saturated rings. The highest BCUT2D eigenvalue weighted by Gasteiger charge is 2.30. The Bertz CT molecular complexity index is 1050. The summed E-state index contributed by atoms with van der Waals surface area (Å²) in [6, 6.07) is 16.3. The third-order valence-corrected chi connectivity index (χ3v) is 5.44. The second kappa shape index (κ2) is 7.98. The lowest BCUT2D eigenvalue weighted by Gasteiger charge is -2.22. The van der Waals surface area contributed by atoms with E-state index in [1.807, 2.05) is 24.3 Å². The minimum atomic E-state index is -1.16. The van der Waals surface area contributed by atoms with Crippen molar-refractivity contribution in [2.45, 2.75) is 18.8 Å². The van der Waals surface area contributed by atoms with Gasteiger partial charge in [0.1, 0.15) is 12.3 Å². The zero-order valence-corrected chi connectivity index (χ0v) is 16.7. The number of carbonyl (C=O) groups excluding carboxylic acids is 1. The van der Waals surface area contributed by atoms with Crippen LogP contribution in [0, 0.1) is 0 Å². The Labute approximate surface area is 173 Å². The molecule has 8 heteroatoms. The molecule has 1 aromatic heterocycles. The summed E-state index contributed by atoms with van der Waals surface area (Å²) in [5.74, 6) is -1.49. The van der Waals surface area contributed by atoms with Crippen LogP contribution in [0.3, 0.4) is 0 Å². The molecule has 30 heavy (non-hydrogen) atoms. The van der Waals surface area contributed by atoms with Crippen LogP contribution in [0.1, 0.15) is 46.1 Å². The number of amides is 1. The van der Waals surface area contributed by atoms with E-state index in [1.165, 1.54) is 16.0 Å². The Morgan fingerprint density at radius 1 is 1.10 bits per heavy atom. The summed E-state index contributed by atoms with van der Waals surface area (Å²) in [5.41, 5.74) is 4.81. The molecule has 4 rings (SSSR count). The standard InChI is InChI=1S/C22H22N4O4/c1-13(19-20(21(27)28)24-25-23-19)11-26(2)22(29)30-12-18-16-9-5-3-7-14(16)15-8-4-6-10-17(15)18/h3-10,13,18H,11-12H2,1-2H3,(H,27,28)(H,23,24,25). The predicted molar refractivity (Wildman–Crippen MR) is 109 cm³/mol. The maximum atomic E-state index is 12.6. The van der Waals surface area contributed by atoms with Crippen LogP contribution in [0.25, 0.3) is 11.1 Å². The SMILES string of the molecule is CC(CN(C)C(=O)OCC1c2ccccc2-c2ccccc21)c1n[nH]nc1C(=O)O. The zero-order chi connectivity index (χ0) is 21.3. The van der Waals surface area contributed by atoms with Crippen LogP contribution in [0.5, 0.6) is 0 Å². The van der Waals surface area contributed by atoms with Gasteiger partial charge in [0.15, 0.2) is 5.69 Å². The Balaban J connectivity index is 1.42. The van der Waals surface area contributed by atoms with Crippen molar-refractivity contribution >= 4 is 12.1 Å². The van der Waals surface area contributed by atoms with Crippen LogP contribution in [0.15, 0.2) is 48.5 Å². The number of hydrogen-bond acceptors (Lipinski definition) is 5. The van der Waals surface area contributed by atoms with E-state index in [4.69, 9.17) is 4.74 Å². The van der Waals surface area contributed by atoms with Gasteiger partial charge in [-0.25, -0.2) is 9.59 Å². The molecule has 0 bridgehead atoms. The number of aromatic amines is 1. The molecule has 3 aromatic rings. The minimum Gasteiger partial charge on any atom is -0.476 e. The molecule has 154 valence electrons. The number of aromatic carboxylic acids is 1. The van der Waals surface area contributed by atoms with Gasteiger partial charge in [-0.2, -0.15) is 10.3 Å². The van der Waals surface area contributed by atoms with Gasteiger partial charge < -0.3 is 14.7 Å². The fourth-order valence-corrected chi connectivity index (χ4v) is 4.02. The van der Waals surface area contributed by atoms with Gasteiger partial charge in [0.25, 0.3) is 0 Å². The largest absolute Gasteiger partial charge is 0.476 e. The summed E-state index contributed by atoms with van der Waals surface area (Å²) in [6.45, 7) is 2.27. The normalized spacial score (nSPS) is 13.4. The van der Waals surface area contributed by atoms with E-state index < -0.39 is 12.1 Å². The van der Waals surface area contributed by atoms with Crippen LogP contribution in [0.4, 0.5) is 4.79 Å². The van der Waals surface area contributed by atoms with Gasteiger partial charge in [0, 0.05) is 25.4 Å². The molecule has 8 nitrogen and oxygen atoms in total. The van der Waals surface area contributed by atoms with Gasteiger partial charge in [-0.15, -0.1) is 5.10 Å². The zero-order valence-electron chi connectivity index (χ0n) is 16.7. The lowest BCUT2D eigenvalue weighted by Crippen LogP contribution is -2.32. The quantitative estimate of drug-likeness (QED) is 0.649. The molecule has 0 aliphatic heterocycles. The first-order valence-electron chi connectivity index (χ1n) is 9.67. The minimum absolute atomic E-state index is 0.0127. The number of aromatic nitrogens is 3. The first kappa shape index (κ1) is 19.6. The summed E-state index contributed by atoms with van der Waals surface area (Å²) in [4.78, 5) is 25.2. The molecular formula is C22H22N4O4. The summed E-state index contributed by atoms with van der Waals surface area (Å²) < 4.78 is 5.62. The first-order valence-corrected chi connectivity index (χ1v) is 9.67. The summed E-state index contributed by atoms with van der Waals surface area (Å²) in [7, 11) is 1.62. The van der Waals surface area contributed by atoms with Crippen molar-refractivity contribution in [2.24, 2.45) is 0 Å². The maximum absolute atomic E-state index is 12.6. The molecule has 2 aromatic carbocycles. The Morgan fingerprint density at radius 3 is 2.30 bits per heavy atom. The van der Waals surface area contributed by atoms with Crippen molar-refractivity contribution in [1.82, 2.24) is 20.3 Å². The number of benzene rings is 2. The highest BCUT2D eigenvalue weighted by Crippen LogP contribution is 2.44. The maximum Gasteiger partial charge on any atom is 0.409 e. The molecule has 1 amide bonds. The van der Waals surface area contributed by atoms with Crippen molar-refractivity contribution in [2.75, 3.05) is 20.2 Å². The number of nitrogens with zero attached hydrogens (tertiary/aromatic N) is 3. The molecule has 0 radical (unpaired) electrons. The van der Waals surface area contributed by atoms with Crippen molar-refractivity contribution in [3.05, 3.63) is 71.0 Å². The predicted octanol–water partition coefficient (Wildman–Crippen LogP) is 3.49. The number of hydrogen-bond donors (Lipinski definition) is 2. The Morgan fingerprint density at radius 2 is 1.70 bits per heavy atom. The molecule has 0 saturated carbocycles. The van der Waals surface area contributed by atoms with E-state index in [0.29, 0.717) is 5.69 Å². The van der Waals surface area contributed by atoms with Gasteiger partial charge in [-0.3, -0.25) is 0 Å². The smallest absolute Gasteiger partial charge is 0.409 e. The summed E-state index contributed by atoms with van der Waals surface area (Å²) in [5, 5.41) is 19.1. The van der Waals surface area contributed by atoms with Gasteiger partial charge in [-0.05, 0) is 22.3 Å².